The quantitative estimate of drug-likeness (QED) is 0.0645. The highest BCUT2D eigenvalue weighted by atomic mass is 16.8. The SMILES string of the molecule is NC1C=CC(C2C=CC3(Oc4cc5oc(-c6cc(O)c(O)c(CCO)c6)cc(=O)c5c(O)c42)OC(C(=O)OC2OC(C(=O)O)C(O)C(O)C2O)C(O)C(O)C3O)=CN1. The molecule has 21 heteroatoms. The van der Waals surface area contributed by atoms with Gasteiger partial charge in [0.15, 0.2) is 35.2 Å². The number of carbonyl (C=O) groups is 2. The number of aliphatic hydroxyl groups excluding tert-OH is 7. The first-order valence-electron chi connectivity index (χ1n) is 17.6. The summed E-state index contributed by atoms with van der Waals surface area (Å²) < 4.78 is 28.1. The number of carboxylic acids is 1. The third kappa shape index (κ3) is 6.91. The number of fused-ring (bicyclic) bond motifs is 2. The molecule has 310 valence electrons. The molecular formula is C37H38N2O19. The molecule has 0 amide bonds. The van der Waals surface area contributed by atoms with Crippen LogP contribution in [0.1, 0.15) is 17.0 Å². The lowest BCUT2D eigenvalue weighted by molar-refractivity contribution is -0.321. The number of ether oxygens (including phenoxy) is 4. The number of nitrogens with two attached hydrogens (primary N) is 1. The van der Waals surface area contributed by atoms with Crippen LogP contribution in [0.25, 0.3) is 22.3 Å². The molecule has 58 heavy (non-hydrogen) atoms. The molecule has 0 bridgehead atoms. The molecule has 4 aliphatic heterocycles. The van der Waals surface area contributed by atoms with Crippen molar-refractivity contribution in [2.24, 2.45) is 5.73 Å². The molecule has 7 rings (SSSR count). The summed E-state index contributed by atoms with van der Waals surface area (Å²) >= 11 is 0. The molecule has 1 aromatic heterocycles. The fourth-order valence-electron chi connectivity index (χ4n) is 7.15. The fourth-order valence-corrected chi connectivity index (χ4v) is 7.15. The van der Waals surface area contributed by atoms with Crippen LogP contribution in [0, 0.1) is 0 Å². The minimum Gasteiger partial charge on any atom is -0.507 e. The number of aromatic hydroxyl groups is 3. The average Bonchev–Trinajstić information content (AvgIpc) is 3.34. The summed E-state index contributed by atoms with van der Waals surface area (Å²) in [6.07, 6.45) is -13.7. The van der Waals surface area contributed by atoms with Crippen molar-refractivity contribution < 1.29 is 89.1 Å². The molecule has 2 aromatic carbocycles. The van der Waals surface area contributed by atoms with E-state index in [1.165, 1.54) is 18.3 Å². The van der Waals surface area contributed by atoms with Crippen LogP contribution in [0.4, 0.5) is 0 Å². The molecule has 1 spiro atoms. The first kappa shape index (κ1) is 40.6. The number of carboxylic acid groups (broad SMARTS) is 1. The van der Waals surface area contributed by atoms with E-state index in [0.717, 1.165) is 24.3 Å². The Bertz CT molecular complexity index is 2290. The maximum Gasteiger partial charge on any atom is 0.340 e. The lowest BCUT2D eigenvalue weighted by atomic mass is 9.87. The van der Waals surface area contributed by atoms with Crippen LogP contribution in [0.5, 0.6) is 23.0 Å². The van der Waals surface area contributed by atoms with Crippen molar-refractivity contribution in [1.82, 2.24) is 5.32 Å². The summed E-state index contributed by atoms with van der Waals surface area (Å²) in [4.78, 5) is 38.9. The predicted molar refractivity (Wildman–Crippen MR) is 191 cm³/mol. The number of benzene rings is 2. The smallest absolute Gasteiger partial charge is 0.340 e. The van der Waals surface area contributed by atoms with Crippen molar-refractivity contribution in [1.29, 1.82) is 0 Å². The third-order valence-corrected chi connectivity index (χ3v) is 10.2. The van der Waals surface area contributed by atoms with Crippen LogP contribution in [0.15, 0.2) is 69.6 Å². The summed E-state index contributed by atoms with van der Waals surface area (Å²) in [5, 5.41) is 118. The van der Waals surface area contributed by atoms with E-state index in [4.69, 9.17) is 29.1 Å². The summed E-state index contributed by atoms with van der Waals surface area (Å²) in [5.41, 5.74) is 5.29. The topological polar surface area (TPSA) is 362 Å². The van der Waals surface area contributed by atoms with E-state index >= 15 is 0 Å². The number of carbonyl (C=O) groups excluding carboxylic acids is 1. The van der Waals surface area contributed by atoms with Crippen LogP contribution in [-0.2, 0) is 30.2 Å². The van der Waals surface area contributed by atoms with Crippen molar-refractivity contribution in [3.63, 3.8) is 0 Å². The number of dihydropyridines is 1. The number of aliphatic carboxylic acids is 1. The zero-order chi connectivity index (χ0) is 42.0. The molecule has 14 N–H and O–H groups in total. The monoisotopic (exact) mass is 814 g/mol. The molecule has 12 atom stereocenters. The van der Waals surface area contributed by atoms with E-state index in [9.17, 15) is 70.6 Å². The van der Waals surface area contributed by atoms with Gasteiger partial charge in [-0.1, -0.05) is 12.2 Å². The van der Waals surface area contributed by atoms with Crippen molar-refractivity contribution >= 4 is 22.9 Å². The zero-order valence-corrected chi connectivity index (χ0v) is 29.7. The van der Waals surface area contributed by atoms with Crippen molar-refractivity contribution in [2.75, 3.05) is 6.61 Å². The molecule has 0 radical (unpaired) electrons. The summed E-state index contributed by atoms with van der Waals surface area (Å²) in [6.45, 7) is -0.396. The summed E-state index contributed by atoms with van der Waals surface area (Å²) in [5.74, 6) is -9.47. The van der Waals surface area contributed by atoms with Gasteiger partial charge in [0, 0.05) is 47.5 Å². The lowest BCUT2D eigenvalue weighted by Gasteiger charge is -2.46. The molecule has 0 aliphatic carbocycles. The normalized spacial score (nSPS) is 33.1. The number of aliphatic hydroxyl groups is 7. The lowest BCUT2D eigenvalue weighted by Crippen LogP contribution is -2.68. The highest BCUT2D eigenvalue weighted by molar-refractivity contribution is 5.89. The maximum atomic E-state index is 13.7. The second-order valence-electron chi connectivity index (χ2n) is 14.0. The zero-order valence-electron chi connectivity index (χ0n) is 29.7. The van der Waals surface area contributed by atoms with Crippen LogP contribution >= 0.6 is 0 Å². The van der Waals surface area contributed by atoms with Gasteiger partial charge in [0.2, 0.25) is 6.29 Å². The Labute approximate surface area is 324 Å². The van der Waals surface area contributed by atoms with Crippen molar-refractivity contribution in [2.45, 2.75) is 79.4 Å². The molecule has 4 aliphatic rings. The fraction of sp³-hybridized carbons (Fsp3) is 0.378. The van der Waals surface area contributed by atoms with Gasteiger partial charge in [-0.2, -0.15) is 0 Å². The van der Waals surface area contributed by atoms with Crippen molar-refractivity contribution in [3.8, 4) is 34.3 Å². The molecular weight excluding hydrogens is 776 g/mol. The molecule has 3 aromatic rings. The number of hydrogen-bond acceptors (Lipinski definition) is 20. The molecule has 12 unspecified atom stereocenters. The van der Waals surface area contributed by atoms with Crippen LogP contribution in [-0.4, -0.2) is 142 Å². The Morgan fingerprint density at radius 1 is 0.897 bits per heavy atom. The van der Waals surface area contributed by atoms with Crippen LogP contribution in [0.3, 0.4) is 0 Å². The first-order valence-corrected chi connectivity index (χ1v) is 17.6. The predicted octanol–water partition coefficient (Wildman–Crippen LogP) is -2.91. The number of rotatable bonds is 7. The minimum atomic E-state index is -2.65. The molecule has 5 heterocycles. The molecule has 2 fully saturated rings. The van der Waals surface area contributed by atoms with Crippen LogP contribution < -0.4 is 21.2 Å². The van der Waals surface area contributed by atoms with Crippen molar-refractivity contribution in [3.05, 3.63) is 81.7 Å². The first-order chi connectivity index (χ1) is 27.5. The van der Waals surface area contributed by atoms with Gasteiger partial charge in [-0.05, 0) is 36.3 Å². The summed E-state index contributed by atoms with van der Waals surface area (Å²) in [6, 6.07) is 4.59. The minimum absolute atomic E-state index is 0.0761. The van der Waals surface area contributed by atoms with E-state index in [1.807, 2.05) is 0 Å². The van der Waals surface area contributed by atoms with Gasteiger partial charge >= 0.3 is 11.9 Å². The largest absolute Gasteiger partial charge is 0.507 e. The second kappa shape index (κ2) is 15.3. The molecule has 2 saturated heterocycles. The summed E-state index contributed by atoms with van der Waals surface area (Å²) in [7, 11) is 0. The Morgan fingerprint density at radius 2 is 1.62 bits per heavy atom. The van der Waals surface area contributed by atoms with Gasteiger partial charge in [-0.25, -0.2) is 9.59 Å². The second-order valence-corrected chi connectivity index (χ2v) is 14.0. The Kier molecular flexibility index (Phi) is 10.7. The van der Waals surface area contributed by atoms with Gasteiger partial charge in [0.25, 0.3) is 5.79 Å². The van der Waals surface area contributed by atoms with E-state index in [2.05, 4.69) is 5.32 Å². The van der Waals surface area contributed by atoms with Gasteiger partial charge in [-0.15, -0.1) is 0 Å². The van der Waals surface area contributed by atoms with E-state index in [-0.39, 0.29) is 45.6 Å². The number of allylic oxidation sites excluding steroid dienone is 3. The number of phenols is 3. The Morgan fingerprint density at radius 3 is 2.29 bits per heavy atom. The van der Waals surface area contributed by atoms with Gasteiger partial charge < -0.3 is 90.6 Å². The molecule has 0 saturated carbocycles. The van der Waals surface area contributed by atoms with Gasteiger partial charge in [-0.3, -0.25) is 4.79 Å². The number of esters is 1. The number of hydrogen-bond donors (Lipinski definition) is 13. The molecule has 21 nitrogen and oxygen atoms in total. The van der Waals surface area contributed by atoms with Gasteiger partial charge in [0.1, 0.15) is 58.7 Å². The average molecular weight is 815 g/mol. The van der Waals surface area contributed by atoms with Crippen LogP contribution in [0.2, 0.25) is 0 Å². The standard InChI is InChI=1S/C37H38N2O19/c38-21-2-1-13(11-39-21)15-3-5-37(33(50)29(48)28(47)32(58-37)35(53)56-36-30(49)26(45)27(46)31(55-36)34(51)52)57-20-10-19-23(25(44)22(15)20)16(41)9-18(54-19)14-7-12(4-6-40)24(43)17(42)8-14/h1-3,5,7-11,15,21,26-33,36,39-40,42-50H,4,6,38H2,(H,51,52). The van der Waals surface area contributed by atoms with E-state index in [1.54, 1.807) is 12.2 Å². The Balaban J connectivity index is 1.33. The Hall–Kier alpha value is -5.59. The van der Waals surface area contributed by atoms with E-state index in [0.29, 0.717) is 5.57 Å². The number of phenolic OH excluding ortho intramolecular Hbond substituents is 3. The van der Waals surface area contributed by atoms with Gasteiger partial charge in [0.05, 0.1) is 6.17 Å². The van der Waals surface area contributed by atoms with E-state index < -0.39 is 114 Å². The third-order valence-electron chi connectivity index (χ3n) is 10.2. The highest BCUT2D eigenvalue weighted by Crippen LogP contribution is 2.49. The number of nitrogens with one attached hydrogen (secondary N) is 1. The highest BCUT2D eigenvalue weighted by Gasteiger charge is 2.59. The maximum absolute atomic E-state index is 13.7.